The number of hydrogen-bond donors (Lipinski definition) is 17. The van der Waals surface area contributed by atoms with Gasteiger partial charge in [0.1, 0.15) is 128 Å². The molecule has 32 unspecified atom stereocenters. The van der Waals surface area contributed by atoms with Crippen molar-refractivity contribution >= 4 is 18.2 Å². The molecule has 0 aromatic rings. The van der Waals surface area contributed by atoms with Gasteiger partial charge < -0.3 is 153 Å². The van der Waals surface area contributed by atoms with Crippen LogP contribution in [0.25, 0.3) is 0 Å². The summed E-state index contributed by atoms with van der Waals surface area (Å²) in [5, 5.41) is 181. The van der Waals surface area contributed by atoms with Gasteiger partial charge in [-0.15, -0.1) is 0 Å². The number of carbonyl (C=O) groups is 3. The first-order chi connectivity index (χ1) is 49.5. The topological polar surface area (TPSA) is 507 Å². The van der Waals surface area contributed by atoms with Gasteiger partial charge in [-0.3, -0.25) is 9.59 Å². The van der Waals surface area contributed by atoms with Crippen LogP contribution in [-0.4, -0.2) is 324 Å². The molecule has 0 aromatic carbocycles. The summed E-state index contributed by atoms with van der Waals surface area (Å²) in [5.41, 5.74) is -4.58. The number of carbonyl (C=O) groups excluding carboxylic acids is 3. The predicted octanol–water partition coefficient (Wildman–Crippen LogP) is -3.18. The van der Waals surface area contributed by atoms with Crippen molar-refractivity contribution in [3.63, 3.8) is 0 Å². The molecule has 11 rings (SSSR count). The van der Waals surface area contributed by atoms with Crippen LogP contribution in [-0.2, 0) is 76.0 Å². The summed E-state index contributed by atoms with van der Waals surface area (Å²) in [6, 6.07) is 0. The minimum atomic E-state index is -2.04. The Morgan fingerprint density at radius 3 is 1.75 bits per heavy atom. The van der Waals surface area contributed by atoms with Gasteiger partial charge in [-0.05, 0) is 117 Å². The molecule has 10 fully saturated rings. The van der Waals surface area contributed by atoms with Crippen LogP contribution in [0.15, 0.2) is 11.6 Å². The minimum Gasteiger partial charge on any atom is -0.432 e. The third-order valence-electron chi connectivity index (χ3n) is 26.7. The molecular weight excluding hydrogens is 1390 g/mol. The summed E-state index contributed by atoms with van der Waals surface area (Å²) >= 11 is 0. The molecule has 602 valence electrons. The Labute approximate surface area is 610 Å². The number of hydrogen-bond acceptors (Lipinski definition) is 32. The molecule has 1 amide bonds. The molecule has 0 radical (unpaired) electrons. The molecule has 0 bridgehead atoms. The fourth-order valence-corrected chi connectivity index (χ4v) is 20.1. The highest BCUT2D eigenvalue weighted by atomic mass is 16.8. The van der Waals surface area contributed by atoms with Gasteiger partial charge in [-0.25, -0.2) is 0 Å². The van der Waals surface area contributed by atoms with Gasteiger partial charge in [0.25, 0.3) is 5.91 Å². The van der Waals surface area contributed by atoms with Crippen LogP contribution in [0.3, 0.4) is 0 Å². The quantitative estimate of drug-likeness (QED) is 0.0167. The number of nitrogens with one attached hydrogen (secondary N) is 1. The lowest BCUT2D eigenvalue weighted by molar-refractivity contribution is -0.391. The normalized spacial score (nSPS) is 52.0. The standard InChI is InChI=1S/C72H117NO32/c1-11-12-13-14-23-73-59(91)55-52(90)54(100-60-49(87)43(81)34(77)28-94-60)58(104-62-51(89)47(85)45(83)36(27-75)98-62)65(101-55)99-40-18-19-68(6)37(69(40,7)29-76)17-20-70(8)38(68)16-15-32-33-24-67(4,5)21-22-72(33,39(78)25-71(32,70)9)66(92)105-63-56(48(86)41(79)30(2)95-63)102-64-57(53(93-10)42(80)31(3)96-64)103-61-50(88)46(84)44(82)35(26-74)97-61/h15,29-31,33-58,60-65,74-75,77-90H,11-14,16-28H2,1-10H3,(H,73,91)/t30?,31?,33?,34?,35?,36?,37?,38?,39-,40+,41?,42?,43?,44?,45?,46?,47?,48?,49?,50?,51?,52?,53?,54?,55?,56?,57?,58?,60?,61?,62?,63?,64?,65?,68+,69+,70-,71-,72-/m1/s1. The molecule has 6 saturated heterocycles. The molecule has 6 heterocycles. The van der Waals surface area contributed by atoms with Crippen molar-refractivity contribution in [3.05, 3.63) is 11.6 Å². The van der Waals surface area contributed by atoms with Crippen LogP contribution in [0, 0.1) is 50.2 Å². The van der Waals surface area contributed by atoms with Crippen LogP contribution >= 0.6 is 0 Å². The van der Waals surface area contributed by atoms with Crippen LogP contribution in [0.1, 0.15) is 146 Å². The second kappa shape index (κ2) is 32.4. The monoisotopic (exact) mass is 1510 g/mol. The summed E-state index contributed by atoms with van der Waals surface area (Å²) in [7, 11) is 1.24. The molecule has 11 aliphatic rings. The number of aldehydes is 1. The number of esters is 1. The lowest BCUT2D eigenvalue weighted by Crippen LogP contribution is -2.70. The van der Waals surface area contributed by atoms with Crippen LogP contribution in [0.2, 0.25) is 0 Å². The van der Waals surface area contributed by atoms with Gasteiger partial charge in [0.05, 0.1) is 49.7 Å². The first kappa shape index (κ1) is 83.2. The van der Waals surface area contributed by atoms with Crippen molar-refractivity contribution in [2.75, 3.05) is 33.5 Å². The number of fused-ring (bicyclic) bond motifs is 7. The Bertz CT molecular complexity index is 2990. The van der Waals surface area contributed by atoms with Gasteiger partial charge in [0.2, 0.25) is 6.29 Å². The third kappa shape index (κ3) is 14.8. The molecule has 0 aromatic heterocycles. The maximum Gasteiger partial charge on any atom is 0.317 e. The SMILES string of the molecule is CCCCCCNC(=O)C1OC(O[C@H]2CC[C@@]3(C)C(CC[C@]4(C)C3CC=C3C5CC(C)(C)CC[C@]5(C(=O)OC5OC(C)C(O)C(O)C5OC5OC(C)C(O)C(OC)C5OC5OC(CO)C(O)C(O)C5O)[C@H](O)C[C@]34C)[C@]2(C)C=O)C(OC2OC(CO)C(O)C(O)C2O)C(OC2OCC(O)C(O)C2O)C1O. The van der Waals surface area contributed by atoms with E-state index in [9.17, 15) is 91.3 Å². The van der Waals surface area contributed by atoms with Crippen molar-refractivity contribution in [3.8, 4) is 0 Å². The van der Waals surface area contributed by atoms with E-state index < -0.39 is 261 Å². The Balaban J connectivity index is 0.885. The van der Waals surface area contributed by atoms with Crippen molar-refractivity contribution < 1.29 is 158 Å². The zero-order valence-electron chi connectivity index (χ0n) is 61.5. The average molecular weight is 1510 g/mol. The Morgan fingerprint density at radius 2 is 1.14 bits per heavy atom. The highest BCUT2D eigenvalue weighted by Gasteiger charge is 2.73. The van der Waals surface area contributed by atoms with Gasteiger partial charge >= 0.3 is 5.97 Å². The summed E-state index contributed by atoms with van der Waals surface area (Å²) in [4.78, 5) is 44.7. The molecule has 105 heavy (non-hydrogen) atoms. The van der Waals surface area contributed by atoms with Crippen molar-refractivity contribution in [2.45, 2.75) is 336 Å². The Kier molecular flexibility index (Phi) is 25.6. The number of ether oxygens (including phenoxy) is 13. The number of unbranched alkanes of at least 4 members (excludes halogenated alkanes) is 3. The maximum atomic E-state index is 15.9. The predicted molar refractivity (Wildman–Crippen MR) is 356 cm³/mol. The number of methoxy groups -OCH3 is 1. The summed E-state index contributed by atoms with van der Waals surface area (Å²) in [6.07, 6.45) is -43.2. The zero-order valence-corrected chi connectivity index (χ0v) is 61.5. The second-order valence-electron chi connectivity index (χ2n) is 33.4. The number of allylic oxidation sites excluding steroid dienone is 2. The summed E-state index contributed by atoms with van der Waals surface area (Å²) in [5.74, 6) is -2.97. The van der Waals surface area contributed by atoms with Gasteiger partial charge in [-0.1, -0.05) is 79.4 Å². The lowest BCUT2D eigenvalue weighted by atomic mass is 9.33. The van der Waals surface area contributed by atoms with E-state index in [1.807, 2.05) is 6.92 Å². The Morgan fingerprint density at radius 1 is 0.562 bits per heavy atom. The Hall–Kier alpha value is -2.77. The third-order valence-corrected chi connectivity index (χ3v) is 26.7. The van der Waals surface area contributed by atoms with Crippen molar-refractivity contribution in [1.82, 2.24) is 5.32 Å². The summed E-state index contributed by atoms with van der Waals surface area (Å²) < 4.78 is 80.4. The van der Waals surface area contributed by atoms with E-state index in [2.05, 4.69) is 46.0 Å². The first-order valence-corrected chi connectivity index (χ1v) is 37.6. The van der Waals surface area contributed by atoms with Crippen molar-refractivity contribution in [2.24, 2.45) is 50.2 Å². The second-order valence-corrected chi connectivity index (χ2v) is 33.4. The van der Waals surface area contributed by atoms with Crippen LogP contribution in [0.4, 0.5) is 0 Å². The zero-order chi connectivity index (χ0) is 76.7. The van der Waals surface area contributed by atoms with E-state index in [0.29, 0.717) is 44.9 Å². The fourth-order valence-electron chi connectivity index (χ4n) is 20.1. The van der Waals surface area contributed by atoms with Crippen molar-refractivity contribution in [1.29, 1.82) is 0 Å². The van der Waals surface area contributed by atoms with Gasteiger partial charge in [0.15, 0.2) is 43.7 Å². The van der Waals surface area contributed by atoms with E-state index in [-0.39, 0.29) is 37.1 Å². The first-order valence-electron chi connectivity index (χ1n) is 37.6. The molecule has 39 atom stereocenters. The smallest absolute Gasteiger partial charge is 0.317 e. The molecule has 5 aliphatic carbocycles. The minimum absolute atomic E-state index is 0.0733. The molecule has 33 nitrogen and oxygen atoms in total. The van der Waals surface area contributed by atoms with Gasteiger partial charge in [0, 0.05) is 13.7 Å². The number of rotatable bonds is 22. The summed E-state index contributed by atoms with van der Waals surface area (Å²) in [6.45, 7) is 15.4. The largest absolute Gasteiger partial charge is 0.432 e. The highest BCUT2D eigenvalue weighted by Crippen LogP contribution is 2.76. The van der Waals surface area contributed by atoms with E-state index in [0.717, 1.165) is 31.1 Å². The van der Waals surface area contributed by atoms with Gasteiger partial charge in [-0.2, -0.15) is 0 Å². The van der Waals surface area contributed by atoms with E-state index in [1.54, 1.807) is 6.92 Å². The maximum absolute atomic E-state index is 15.9. The molecule has 0 spiro atoms. The fraction of sp³-hybridized carbons (Fsp3) is 0.931. The van der Waals surface area contributed by atoms with E-state index >= 15 is 4.79 Å². The molecular formula is C72H117NO32. The number of amides is 1. The van der Waals surface area contributed by atoms with E-state index in [1.165, 1.54) is 21.0 Å². The number of aliphatic hydroxyl groups excluding tert-OH is 16. The molecule has 33 heteroatoms. The van der Waals surface area contributed by atoms with Crippen LogP contribution in [0.5, 0.6) is 0 Å². The average Bonchev–Trinajstić information content (AvgIpc) is 0.670. The number of aliphatic hydroxyl groups is 16. The molecule has 17 N–H and O–H groups in total. The molecule has 4 saturated carbocycles. The van der Waals surface area contributed by atoms with Crippen LogP contribution < -0.4 is 5.32 Å². The molecule has 6 aliphatic heterocycles. The lowest BCUT2D eigenvalue weighted by Gasteiger charge is -2.71. The van der Waals surface area contributed by atoms with E-state index in [4.69, 9.17) is 61.6 Å². The highest BCUT2D eigenvalue weighted by molar-refractivity contribution is 5.82.